The molecule has 21 heavy (non-hydrogen) atoms. The van der Waals surface area contributed by atoms with E-state index in [1.54, 1.807) is 52.1 Å². The number of carbonyl (C=O) groups is 2. The summed E-state index contributed by atoms with van der Waals surface area (Å²) in [7, 11) is 1.56. The van der Waals surface area contributed by atoms with Gasteiger partial charge in [0.2, 0.25) is 0 Å². The van der Waals surface area contributed by atoms with Crippen molar-refractivity contribution in [1.82, 2.24) is 0 Å². The van der Waals surface area contributed by atoms with Crippen molar-refractivity contribution in [2.24, 2.45) is 0 Å². The number of hydrogen-bond donors (Lipinski definition) is 1. The van der Waals surface area contributed by atoms with Crippen molar-refractivity contribution in [3.8, 4) is 5.75 Å². The first-order chi connectivity index (χ1) is 9.72. The second-order valence-electron chi connectivity index (χ2n) is 5.91. The molecule has 0 spiro atoms. The first-order valence-corrected chi connectivity index (χ1v) is 6.72. The van der Waals surface area contributed by atoms with Crippen molar-refractivity contribution in [2.45, 2.75) is 44.8 Å². The summed E-state index contributed by atoms with van der Waals surface area (Å²) >= 11 is 0. The molecule has 1 unspecified atom stereocenters. The van der Waals surface area contributed by atoms with E-state index in [0.29, 0.717) is 12.0 Å². The number of carbonyl (C=O) groups excluding carboxylic acids is 1. The van der Waals surface area contributed by atoms with Crippen LogP contribution in [0.2, 0.25) is 0 Å². The van der Waals surface area contributed by atoms with E-state index in [4.69, 9.17) is 9.47 Å². The fourth-order valence-corrected chi connectivity index (χ4v) is 2.15. The molecule has 1 atom stereocenters. The van der Waals surface area contributed by atoms with Crippen LogP contribution in [-0.2, 0) is 20.7 Å². The van der Waals surface area contributed by atoms with Gasteiger partial charge in [-0.1, -0.05) is 12.1 Å². The zero-order valence-corrected chi connectivity index (χ0v) is 12.9. The van der Waals surface area contributed by atoms with Crippen LogP contribution >= 0.6 is 0 Å². The van der Waals surface area contributed by atoms with Gasteiger partial charge < -0.3 is 19.4 Å². The van der Waals surface area contributed by atoms with E-state index in [0.717, 1.165) is 5.56 Å². The van der Waals surface area contributed by atoms with Gasteiger partial charge in [0.1, 0.15) is 12.0 Å². The van der Waals surface area contributed by atoms with Crippen molar-refractivity contribution >= 4 is 12.3 Å². The first kappa shape index (κ1) is 17.2. The molecular weight excluding hydrogens is 272 g/mol. The number of hydrogen-bond acceptors (Lipinski definition) is 4. The summed E-state index contributed by atoms with van der Waals surface area (Å²) < 4.78 is 10.8. The number of benzene rings is 1. The highest BCUT2D eigenvalue weighted by molar-refractivity contribution is 5.81. The lowest BCUT2D eigenvalue weighted by Crippen LogP contribution is -2.49. The van der Waals surface area contributed by atoms with Gasteiger partial charge in [-0.25, -0.2) is 4.79 Å². The lowest BCUT2D eigenvalue weighted by molar-refractivity contribution is -0.186. The Morgan fingerprint density at radius 2 is 1.81 bits per heavy atom. The number of ether oxygens (including phenoxy) is 2. The predicted octanol–water partition coefficient (Wildman–Crippen LogP) is 2.47. The van der Waals surface area contributed by atoms with Gasteiger partial charge in [-0.05, 0) is 38.5 Å². The zero-order valence-electron chi connectivity index (χ0n) is 12.9. The number of methoxy groups -OCH3 is 1. The molecule has 0 fully saturated rings. The van der Waals surface area contributed by atoms with Crippen LogP contribution in [0, 0.1) is 0 Å². The minimum absolute atomic E-state index is 0.113. The largest absolute Gasteiger partial charge is 0.497 e. The molecule has 0 aliphatic carbocycles. The summed E-state index contributed by atoms with van der Waals surface area (Å²) in [4.78, 5) is 22.6. The van der Waals surface area contributed by atoms with Gasteiger partial charge in [0.15, 0.2) is 5.60 Å². The van der Waals surface area contributed by atoms with Crippen molar-refractivity contribution in [2.75, 3.05) is 7.11 Å². The number of rotatable bonds is 7. The summed E-state index contributed by atoms with van der Waals surface area (Å²) in [6, 6.07) is 7.04. The van der Waals surface area contributed by atoms with Gasteiger partial charge in [-0.2, -0.15) is 0 Å². The molecule has 0 heterocycles. The average molecular weight is 294 g/mol. The van der Waals surface area contributed by atoms with Crippen LogP contribution in [0.1, 0.15) is 32.8 Å². The van der Waals surface area contributed by atoms with E-state index in [-0.39, 0.29) is 12.8 Å². The van der Waals surface area contributed by atoms with Crippen LogP contribution in [0.25, 0.3) is 0 Å². The first-order valence-electron chi connectivity index (χ1n) is 6.72. The molecule has 0 bridgehead atoms. The Morgan fingerprint density at radius 1 is 1.24 bits per heavy atom. The molecule has 1 aromatic rings. The zero-order chi connectivity index (χ0) is 16.1. The van der Waals surface area contributed by atoms with Gasteiger partial charge in [-0.15, -0.1) is 0 Å². The molecule has 0 aromatic heterocycles. The minimum Gasteiger partial charge on any atom is -0.497 e. The summed E-state index contributed by atoms with van der Waals surface area (Å²) in [5.41, 5.74) is -1.47. The maximum Gasteiger partial charge on any atom is 0.336 e. The van der Waals surface area contributed by atoms with Crippen molar-refractivity contribution in [3.05, 3.63) is 29.8 Å². The minimum atomic E-state index is -1.56. The molecular formula is C16H22O5. The molecule has 5 nitrogen and oxygen atoms in total. The Kier molecular flexibility index (Phi) is 5.49. The van der Waals surface area contributed by atoms with Gasteiger partial charge in [-0.3, -0.25) is 0 Å². The maximum atomic E-state index is 11.7. The van der Waals surface area contributed by atoms with Crippen molar-refractivity contribution in [1.29, 1.82) is 0 Å². The molecule has 116 valence electrons. The summed E-state index contributed by atoms with van der Waals surface area (Å²) in [6.07, 6.45) is 0.497. The van der Waals surface area contributed by atoms with Gasteiger partial charge >= 0.3 is 5.97 Å². The van der Waals surface area contributed by atoms with E-state index in [9.17, 15) is 14.7 Å². The molecule has 0 saturated carbocycles. The van der Waals surface area contributed by atoms with E-state index >= 15 is 0 Å². The average Bonchev–Trinajstić information content (AvgIpc) is 2.37. The third-order valence-electron chi connectivity index (χ3n) is 2.95. The Hall–Kier alpha value is -1.88. The fraction of sp³-hybridized carbons (Fsp3) is 0.500. The summed E-state index contributed by atoms with van der Waals surface area (Å²) in [5, 5.41) is 9.57. The van der Waals surface area contributed by atoms with Crippen LogP contribution in [0.3, 0.4) is 0 Å². The Labute approximate surface area is 124 Å². The van der Waals surface area contributed by atoms with Crippen LogP contribution in [0.15, 0.2) is 24.3 Å². The predicted molar refractivity (Wildman–Crippen MR) is 78.6 cm³/mol. The number of carboxylic acids is 1. The fourth-order valence-electron chi connectivity index (χ4n) is 2.15. The quantitative estimate of drug-likeness (QED) is 0.782. The molecule has 1 aromatic carbocycles. The second-order valence-corrected chi connectivity index (χ2v) is 5.91. The number of carboxylic acid groups (broad SMARTS) is 1. The second kappa shape index (κ2) is 6.72. The molecule has 5 heteroatoms. The van der Waals surface area contributed by atoms with Gasteiger partial charge in [0.25, 0.3) is 0 Å². The van der Waals surface area contributed by atoms with Crippen LogP contribution in [0.5, 0.6) is 5.75 Å². The standard InChI is InChI=1S/C16H22O5/c1-15(2,3)21-16(9-10-17,14(18)19)11-12-5-7-13(20-4)8-6-12/h5-8,10H,9,11H2,1-4H3,(H,18,19). The van der Waals surface area contributed by atoms with Gasteiger partial charge in [0.05, 0.1) is 12.7 Å². The summed E-state index contributed by atoms with van der Waals surface area (Å²) in [5.74, 6) is -0.452. The van der Waals surface area contributed by atoms with E-state index < -0.39 is 17.2 Å². The Bertz CT molecular complexity index is 486. The number of aldehydes is 1. The highest BCUT2D eigenvalue weighted by Crippen LogP contribution is 2.28. The number of aliphatic carboxylic acids is 1. The van der Waals surface area contributed by atoms with Crippen LogP contribution in [0.4, 0.5) is 0 Å². The highest BCUT2D eigenvalue weighted by Gasteiger charge is 2.42. The molecule has 0 aliphatic heterocycles. The molecule has 0 amide bonds. The van der Waals surface area contributed by atoms with Crippen molar-refractivity contribution in [3.63, 3.8) is 0 Å². The lowest BCUT2D eigenvalue weighted by atomic mass is 9.90. The Balaban J connectivity index is 3.09. The normalized spacial score (nSPS) is 14.3. The summed E-state index contributed by atoms with van der Waals surface area (Å²) in [6.45, 7) is 5.30. The smallest absolute Gasteiger partial charge is 0.336 e. The highest BCUT2D eigenvalue weighted by atomic mass is 16.5. The molecule has 0 radical (unpaired) electrons. The monoisotopic (exact) mass is 294 g/mol. The van der Waals surface area contributed by atoms with Crippen LogP contribution < -0.4 is 4.74 Å². The lowest BCUT2D eigenvalue weighted by Gasteiger charge is -2.35. The third-order valence-corrected chi connectivity index (χ3v) is 2.95. The maximum absolute atomic E-state index is 11.7. The topological polar surface area (TPSA) is 72.8 Å². The van der Waals surface area contributed by atoms with Crippen molar-refractivity contribution < 1.29 is 24.2 Å². The molecule has 0 aliphatic rings. The van der Waals surface area contributed by atoms with E-state index in [2.05, 4.69) is 0 Å². The Morgan fingerprint density at radius 3 is 2.19 bits per heavy atom. The molecule has 1 N–H and O–H groups in total. The van der Waals surface area contributed by atoms with Crippen LogP contribution in [-0.4, -0.2) is 35.7 Å². The molecule has 1 rings (SSSR count). The van der Waals surface area contributed by atoms with Gasteiger partial charge in [0, 0.05) is 12.8 Å². The SMILES string of the molecule is COc1ccc(CC(CC=O)(OC(C)(C)C)C(=O)O)cc1. The van der Waals surface area contributed by atoms with E-state index in [1.807, 2.05) is 0 Å². The third kappa shape index (κ3) is 4.86. The van der Waals surface area contributed by atoms with E-state index in [1.165, 1.54) is 0 Å². The molecule has 0 saturated heterocycles.